The third kappa shape index (κ3) is 3.45. The van der Waals surface area contributed by atoms with Crippen molar-refractivity contribution in [2.24, 2.45) is 0 Å². The monoisotopic (exact) mass is 276 g/mol. The molecule has 19 heavy (non-hydrogen) atoms. The maximum Gasteiger partial charge on any atom is 0.251 e. The third-order valence-electron chi connectivity index (χ3n) is 2.62. The Labute approximate surface area is 116 Å². The molecule has 0 bridgehead atoms. The molecule has 0 spiro atoms. The zero-order valence-corrected chi connectivity index (χ0v) is 11.1. The highest BCUT2D eigenvalue weighted by Gasteiger charge is 2.08. The van der Waals surface area contributed by atoms with Crippen LogP contribution in [0.1, 0.15) is 21.6 Å². The van der Waals surface area contributed by atoms with Crippen LogP contribution in [-0.2, 0) is 6.54 Å². The number of benzene rings is 1. The highest BCUT2D eigenvalue weighted by Crippen LogP contribution is 2.15. The second kappa shape index (κ2) is 5.71. The van der Waals surface area contributed by atoms with Crippen LogP contribution in [0.5, 0.6) is 5.75 Å². The molecule has 1 heterocycles. The molecule has 4 nitrogen and oxygen atoms in total. The Morgan fingerprint density at radius 2 is 2.11 bits per heavy atom. The maximum absolute atomic E-state index is 12.0. The first-order chi connectivity index (χ1) is 9.06. The van der Waals surface area contributed by atoms with Crippen LogP contribution < -0.4 is 5.32 Å². The number of aromatic hydroxyl groups is 1. The van der Waals surface area contributed by atoms with Crippen molar-refractivity contribution < 1.29 is 9.90 Å². The van der Waals surface area contributed by atoms with Crippen molar-refractivity contribution >= 4 is 17.5 Å². The molecular formula is C14H13ClN2O2. The minimum Gasteiger partial charge on any atom is -0.508 e. The van der Waals surface area contributed by atoms with Gasteiger partial charge >= 0.3 is 0 Å². The number of carbonyl (C=O) groups excluding carboxylic acids is 1. The Bertz CT molecular complexity index is 594. The van der Waals surface area contributed by atoms with E-state index in [0.29, 0.717) is 16.8 Å². The Morgan fingerprint density at radius 3 is 2.79 bits per heavy atom. The first kappa shape index (κ1) is 13.4. The summed E-state index contributed by atoms with van der Waals surface area (Å²) in [6.07, 6.45) is 0. The lowest BCUT2D eigenvalue weighted by atomic mass is 10.2. The fraction of sp³-hybridized carbons (Fsp3) is 0.143. The van der Waals surface area contributed by atoms with Gasteiger partial charge < -0.3 is 10.4 Å². The van der Waals surface area contributed by atoms with Crippen LogP contribution in [-0.4, -0.2) is 16.0 Å². The predicted octanol–water partition coefficient (Wildman–Crippen LogP) is 2.68. The smallest absolute Gasteiger partial charge is 0.251 e. The number of aromatic nitrogens is 1. The Hall–Kier alpha value is -2.07. The molecule has 0 aliphatic rings. The van der Waals surface area contributed by atoms with E-state index in [1.54, 1.807) is 37.3 Å². The molecule has 5 heteroatoms. The van der Waals surface area contributed by atoms with Crippen molar-refractivity contribution in [2.45, 2.75) is 13.5 Å². The normalized spacial score (nSPS) is 10.2. The highest BCUT2D eigenvalue weighted by molar-refractivity contribution is 6.29. The molecule has 0 unspecified atom stereocenters. The van der Waals surface area contributed by atoms with Crippen LogP contribution >= 0.6 is 11.6 Å². The molecule has 0 saturated heterocycles. The van der Waals surface area contributed by atoms with Crippen LogP contribution in [0.25, 0.3) is 0 Å². The lowest BCUT2D eigenvalue weighted by molar-refractivity contribution is 0.0950. The molecule has 0 aliphatic heterocycles. The Morgan fingerprint density at radius 1 is 1.37 bits per heavy atom. The van der Waals surface area contributed by atoms with Crippen LogP contribution in [0.15, 0.2) is 36.4 Å². The third-order valence-corrected chi connectivity index (χ3v) is 2.81. The fourth-order valence-corrected chi connectivity index (χ4v) is 1.95. The number of rotatable bonds is 3. The van der Waals surface area contributed by atoms with Gasteiger partial charge in [0, 0.05) is 23.4 Å². The fourth-order valence-electron chi connectivity index (χ4n) is 1.70. The number of hydrogen-bond acceptors (Lipinski definition) is 3. The van der Waals surface area contributed by atoms with Crippen molar-refractivity contribution in [3.8, 4) is 5.75 Å². The first-order valence-corrected chi connectivity index (χ1v) is 6.13. The van der Waals surface area contributed by atoms with Gasteiger partial charge in [0.1, 0.15) is 10.9 Å². The summed E-state index contributed by atoms with van der Waals surface area (Å²) in [5.74, 6) is -0.0950. The molecule has 0 atom stereocenters. The second-order valence-corrected chi connectivity index (χ2v) is 4.52. The first-order valence-electron chi connectivity index (χ1n) is 5.75. The molecule has 1 amide bonds. The van der Waals surface area contributed by atoms with E-state index in [2.05, 4.69) is 10.3 Å². The van der Waals surface area contributed by atoms with Gasteiger partial charge in [0.05, 0.1) is 0 Å². The van der Waals surface area contributed by atoms with Crippen LogP contribution in [0, 0.1) is 6.92 Å². The van der Waals surface area contributed by atoms with E-state index < -0.39 is 0 Å². The zero-order valence-electron chi connectivity index (χ0n) is 10.4. The average molecular weight is 277 g/mol. The number of nitrogens with one attached hydrogen (secondary N) is 1. The van der Waals surface area contributed by atoms with Gasteiger partial charge in [-0.3, -0.25) is 4.79 Å². The van der Waals surface area contributed by atoms with Crippen molar-refractivity contribution in [3.05, 3.63) is 58.4 Å². The van der Waals surface area contributed by atoms with Gasteiger partial charge in [-0.25, -0.2) is 4.98 Å². The number of carbonyl (C=O) groups is 1. The quantitative estimate of drug-likeness (QED) is 0.847. The molecule has 0 saturated carbocycles. The summed E-state index contributed by atoms with van der Waals surface area (Å²) >= 11 is 5.81. The van der Waals surface area contributed by atoms with Gasteiger partial charge in [0.15, 0.2) is 0 Å². The minimum absolute atomic E-state index is 0.159. The van der Waals surface area contributed by atoms with Gasteiger partial charge in [-0.2, -0.15) is 0 Å². The zero-order chi connectivity index (χ0) is 13.8. The predicted molar refractivity (Wildman–Crippen MR) is 73.3 cm³/mol. The maximum atomic E-state index is 12.0. The van der Waals surface area contributed by atoms with E-state index in [1.165, 1.54) is 6.07 Å². The number of para-hydroxylation sites is 1. The van der Waals surface area contributed by atoms with Crippen LogP contribution in [0.4, 0.5) is 0 Å². The van der Waals surface area contributed by atoms with Gasteiger partial charge in [-0.05, 0) is 25.1 Å². The molecule has 0 aliphatic carbocycles. The molecular weight excluding hydrogens is 264 g/mol. The Kier molecular flexibility index (Phi) is 4.02. The van der Waals surface area contributed by atoms with Gasteiger partial charge in [0.2, 0.25) is 0 Å². The lowest BCUT2D eigenvalue weighted by Gasteiger charge is -2.07. The number of halogens is 1. The molecule has 1 aromatic heterocycles. The summed E-state index contributed by atoms with van der Waals surface area (Å²) in [6, 6.07) is 10.0. The largest absolute Gasteiger partial charge is 0.508 e. The lowest BCUT2D eigenvalue weighted by Crippen LogP contribution is -2.23. The van der Waals surface area contributed by atoms with Crippen LogP contribution in [0.3, 0.4) is 0 Å². The number of phenols is 1. The summed E-state index contributed by atoms with van der Waals surface area (Å²) in [5.41, 5.74) is 1.79. The number of hydrogen-bond donors (Lipinski definition) is 2. The average Bonchev–Trinajstić information content (AvgIpc) is 2.36. The van der Waals surface area contributed by atoms with Gasteiger partial charge in [-0.15, -0.1) is 0 Å². The number of nitrogens with zero attached hydrogens (tertiary/aromatic N) is 1. The van der Waals surface area contributed by atoms with Crippen molar-refractivity contribution in [1.29, 1.82) is 0 Å². The summed E-state index contributed by atoms with van der Waals surface area (Å²) in [4.78, 5) is 15.9. The molecule has 0 radical (unpaired) electrons. The SMILES string of the molecule is Cc1cc(C(=O)NCc2ccccc2O)cc(Cl)n1. The number of pyridine rings is 1. The summed E-state index contributed by atoms with van der Waals surface area (Å²) < 4.78 is 0. The van der Waals surface area contributed by atoms with E-state index in [4.69, 9.17) is 11.6 Å². The van der Waals surface area contributed by atoms with E-state index in [9.17, 15) is 9.90 Å². The van der Waals surface area contributed by atoms with Crippen molar-refractivity contribution in [2.75, 3.05) is 0 Å². The van der Waals surface area contributed by atoms with Gasteiger partial charge in [0.25, 0.3) is 5.91 Å². The second-order valence-electron chi connectivity index (χ2n) is 4.13. The highest BCUT2D eigenvalue weighted by atomic mass is 35.5. The van der Waals surface area contributed by atoms with Crippen molar-refractivity contribution in [1.82, 2.24) is 10.3 Å². The molecule has 0 fully saturated rings. The number of amides is 1. The van der Waals surface area contributed by atoms with Crippen LogP contribution in [0.2, 0.25) is 5.15 Å². The number of aryl methyl sites for hydroxylation is 1. The summed E-state index contributed by atoms with van der Waals surface area (Å²) in [7, 11) is 0. The minimum atomic E-state index is -0.254. The summed E-state index contributed by atoms with van der Waals surface area (Å²) in [5, 5.41) is 12.6. The standard InChI is InChI=1S/C14H13ClN2O2/c1-9-6-11(7-13(15)17-9)14(19)16-8-10-4-2-3-5-12(10)18/h2-7,18H,8H2,1H3,(H,16,19). The summed E-state index contributed by atoms with van der Waals surface area (Å²) in [6.45, 7) is 2.02. The number of phenolic OH excluding ortho intramolecular Hbond substituents is 1. The van der Waals surface area contributed by atoms with E-state index in [0.717, 1.165) is 0 Å². The van der Waals surface area contributed by atoms with E-state index in [1.807, 2.05) is 0 Å². The van der Waals surface area contributed by atoms with Gasteiger partial charge in [-0.1, -0.05) is 29.8 Å². The molecule has 2 rings (SSSR count). The van der Waals surface area contributed by atoms with Crippen molar-refractivity contribution in [3.63, 3.8) is 0 Å². The molecule has 98 valence electrons. The molecule has 2 N–H and O–H groups in total. The molecule has 1 aromatic carbocycles. The van der Waals surface area contributed by atoms with E-state index >= 15 is 0 Å². The molecule has 2 aromatic rings. The van der Waals surface area contributed by atoms with E-state index in [-0.39, 0.29) is 23.4 Å². The Balaban J connectivity index is 2.08. The topological polar surface area (TPSA) is 62.2 Å².